The van der Waals surface area contributed by atoms with E-state index in [1.54, 1.807) is 41.0 Å². The Balaban J connectivity index is 2.03. The summed E-state index contributed by atoms with van der Waals surface area (Å²) >= 11 is 0. The monoisotopic (exact) mass is 371 g/mol. The number of nitrogens with two attached hydrogens (primary N) is 1. The molecule has 4 rings (SSSR count). The van der Waals surface area contributed by atoms with Crippen molar-refractivity contribution in [2.45, 2.75) is 6.54 Å². The Bertz CT molecular complexity index is 1220. The lowest BCUT2D eigenvalue weighted by atomic mass is 9.97. The average Bonchev–Trinajstić information content (AvgIpc) is 3.05. The van der Waals surface area contributed by atoms with Gasteiger partial charge in [-0.3, -0.25) is 24.5 Å². The zero-order chi connectivity index (χ0) is 19.8. The Hall–Kier alpha value is -4.25. The molecular formula is C20H13N5O3. The smallest absolute Gasteiger partial charge is 0.278 e. The van der Waals surface area contributed by atoms with Crippen LogP contribution in [0.3, 0.4) is 0 Å². The molecule has 2 aromatic carbocycles. The second kappa shape index (κ2) is 6.48. The summed E-state index contributed by atoms with van der Waals surface area (Å²) < 4.78 is 1.71. The molecule has 8 heteroatoms. The van der Waals surface area contributed by atoms with Gasteiger partial charge in [-0.25, -0.2) is 4.98 Å². The van der Waals surface area contributed by atoms with Crippen molar-refractivity contribution in [3.05, 3.63) is 87.0 Å². The van der Waals surface area contributed by atoms with E-state index in [9.17, 15) is 14.9 Å². The van der Waals surface area contributed by atoms with Gasteiger partial charge in [-0.05, 0) is 24.3 Å². The molecule has 0 atom stereocenters. The minimum Gasteiger partial charge on any atom is -0.364 e. The van der Waals surface area contributed by atoms with Crippen LogP contribution in [0.4, 0.5) is 5.69 Å². The fourth-order valence-corrected chi connectivity index (χ4v) is 3.27. The fourth-order valence-electron chi connectivity index (χ4n) is 3.27. The fraction of sp³-hybridized carbons (Fsp3) is 0.0500. The number of para-hydroxylation sites is 1. The number of hydrogen-bond acceptors (Lipinski definition) is 5. The molecule has 0 radical (unpaired) electrons. The number of aliphatic imine (C=N–C) groups is 1. The van der Waals surface area contributed by atoms with Crippen molar-refractivity contribution in [3.8, 4) is 18.0 Å². The quantitative estimate of drug-likeness (QED) is 0.431. The Morgan fingerprint density at radius 1 is 1.25 bits per heavy atom. The first-order chi connectivity index (χ1) is 13.5. The van der Waals surface area contributed by atoms with Gasteiger partial charge >= 0.3 is 0 Å². The van der Waals surface area contributed by atoms with Crippen LogP contribution in [-0.4, -0.2) is 26.1 Å². The predicted octanol–water partition coefficient (Wildman–Crippen LogP) is 2.21. The molecule has 1 aliphatic rings. The van der Waals surface area contributed by atoms with E-state index in [-0.39, 0.29) is 17.9 Å². The average molecular weight is 371 g/mol. The Morgan fingerprint density at radius 2 is 2.04 bits per heavy atom. The van der Waals surface area contributed by atoms with E-state index in [0.717, 1.165) is 0 Å². The van der Waals surface area contributed by atoms with E-state index >= 15 is 0 Å². The molecule has 0 bridgehead atoms. The van der Waals surface area contributed by atoms with E-state index in [2.05, 4.69) is 15.9 Å². The van der Waals surface area contributed by atoms with E-state index in [1.165, 1.54) is 12.4 Å². The maximum atomic E-state index is 11.7. The highest BCUT2D eigenvalue weighted by atomic mass is 16.6. The first-order valence-corrected chi connectivity index (χ1v) is 8.27. The molecule has 2 N–H and O–H groups in total. The normalized spacial score (nSPS) is 12.2. The molecule has 1 aromatic heterocycles. The van der Waals surface area contributed by atoms with Crippen molar-refractivity contribution in [1.82, 2.24) is 9.55 Å². The minimum atomic E-state index is -0.667. The molecule has 8 nitrogen and oxygen atoms in total. The van der Waals surface area contributed by atoms with Gasteiger partial charge in [0, 0.05) is 17.2 Å². The molecule has 0 saturated heterocycles. The number of primary amides is 1. The number of aromatic nitrogens is 2. The lowest BCUT2D eigenvalue weighted by Crippen LogP contribution is -2.14. The van der Waals surface area contributed by atoms with Gasteiger partial charge in [-0.2, -0.15) is 0 Å². The number of hydrogen-bond donors (Lipinski definition) is 1. The molecule has 136 valence electrons. The Morgan fingerprint density at radius 3 is 2.75 bits per heavy atom. The predicted molar refractivity (Wildman–Crippen MR) is 102 cm³/mol. The minimum absolute atomic E-state index is 0.0712. The van der Waals surface area contributed by atoms with Crippen molar-refractivity contribution in [2.75, 3.05) is 0 Å². The van der Waals surface area contributed by atoms with E-state index in [0.29, 0.717) is 33.8 Å². The largest absolute Gasteiger partial charge is 0.364 e. The summed E-state index contributed by atoms with van der Waals surface area (Å²) in [6, 6.07) is 11.6. The highest BCUT2D eigenvalue weighted by Gasteiger charge is 2.26. The SMILES string of the molecule is C#Cc1ccc2c(c1)C(c1ccccc1[N+](=O)[O-])=NCc1c(C(N)=O)ncn1-2. The summed E-state index contributed by atoms with van der Waals surface area (Å²) in [5.74, 6) is 1.90. The molecule has 1 amide bonds. The van der Waals surface area contributed by atoms with Crippen LogP contribution in [0, 0.1) is 22.5 Å². The van der Waals surface area contributed by atoms with Crippen LogP contribution in [-0.2, 0) is 6.54 Å². The third kappa shape index (κ3) is 2.62. The van der Waals surface area contributed by atoms with Crippen molar-refractivity contribution in [3.63, 3.8) is 0 Å². The van der Waals surface area contributed by atoms with Crippen LogP contribution in [0.1, 0.15) is 32.9 Å². The molecule has 2 heterocycles. The van der Waals surface area contributed by atoms with E-state index in [1.807, 2.05) is 0 Å². The summed E-state index contributed by atoms with van der Waals surface area (Å²) in [7, 11) is 0. The molecule has 0 saturated carbocycles. The lowest BCUT2D eigenvalue weighted by Gasteiger charge is -2.12. The standard InChI is InChI=1S/C20H13N5O3/c1-2-12-7-8-15-14(9-12)18(13-5-3-4-6-16(13)25(27)28)22-10-17-19(20(21)26)23-11-24(15)17/h1,3-9,11H,10H2,(H2,21,26). The second-order valence-electron chi connectivity index (χ2n) is 6.09. The summed E-state index contributed by atoms with van der Waals surface area (Å²) in [6.45, 7) is 0.0831. The molecule has 0 spiro atoms. The van der Waals surface area contributed by atoms with E-state index < -0.39 is 10.8 Å². The molecule has 0 fully saturated rings. The van der Waals surface area contributed by atoms with Crippen molar-refractivity contribution < 1.29 is 9.72 Å². The number of terminal acetylenes is 1. The first kappa shape index (κ1) is 17.2. The summed E-state index contributed by atoms with van der Waals surface area (Å²) in [5, 5.41) is 11.5. The molecule has 1 aliphatic heterocycles. The number of nitrogens with zero attached hydrogens (tertiary/aromatic N) is 4. The highest BCUT2D eigenvalue weighted by Crippen LogP contribution is 2.30. The van der Waals surface area contributed by atoms with Crippen LogP contribution in [0.25, 0.3) is 5.69 Å². The van der Waals surface area contributed by atoms with Gasteiger partial charge in [0.05, 0.1) is 34.1 Å². The second-order valence-corrected chi connectivity index (χ2v) is 6.09. The molecule has 3 aromatic rings. The summed E-state index contributed by atoms with van der Waals surface area (Å²) in [6.07, 6.45) is 7.03. The molecule has 0 aliphatic carbocycles. The highest BCUT2D eigenvalue weighted by molar-refractivity contribution is 6.17. The van der Waals surface area contributed by atoms with Gasteiger partial charge in [0.1, 0.15) is 6.33 Å². The number of benzene rings is 2. The molecule has 28 heavy (non-hydrogen) atoms. The number of nitro benzene ring substituents is 1. The van der Waals surface area contributed by atoms with E-state index in [4.69, 9.17) is 12.2 Å². The number of rotatable bonds is 3. The van der Waals surface area contributed by atoms with Crippen LogP contribution in [0.5, 0.6) is 0 Å². The van der Waals surface area contributed by atoms with Gasteiger partial charge in [0.25, 0.3) is 11.6 Å². The van der Waals surface area contributed by atoms with Gasteiger partial charge in [0.15, 0.2) is 5.69 Å². The molecule has 0 unspecified atom stereocenters. The van der Waals surface area contributed by atoms with Crippen molar-refractivity contribution >= 4 is 17.3 Å². The van der Waals surface area contributed by atoms with Gasteiger partial charge in [-0.15, -0.1) is 6.42 Å². The van der Waals surface area contributed by atoms with Crippen LogP contribution >= 0.6 is 0 Å². The third-order valence-corrected chi connectivity index (χ3v) is 4.52. The number of fused-ring (bicyclic) bond motifs is 3. The molecular weight excluding hydrogens is 358 g/mol. The number of amides is 1. The number of carbonyl (C=O) groups is 1. The van der Waals surface area contributed by atoms with Gasteiger partial charge in [0.2, 0.25) is 0 Å². The lowest BCUT2D eigenvalue weighted by molar-refractivity contribution is -0.385. The maximum Gasteiger partial charge on any atom is 0.278 e. The third-order valence-electron chi connectivity index (χ3n) is 4.52. The first-order valence-electron chi connectivity index (χ1n) is 8.27. The summed E-state index contributed by atoms with van der Waals surface area (Å²) in [4.78, 5) is 31.5. The van der Waals surface area contributed by atoms with Gasteiger partial charge in [-0.1, -0.05) is 18.1 Å². The number of imidazole rings is 1. The summed E-state index contributed by atoms with van der Waals surface area (Å²) in [5.41, 5.74) is 8.62. The van der Waals surface area contributed by atoms with Gasteiger partial charge < -0.3 is 5.73 Å². The Labute approximate surface area is 159 Å². The maximum absolute atomic E-state index is 11.7. The zero-order valence-electron chi connectivity index (χ0n) is 14.5. The van der Waals surface area contributed by atoms with Crippen molar-refractivity contribution in [2.24, 2.45) is 10.7 Å². The zero-order valence-corrected chi connectivity index (χ0v) is 14.5. The number of nitro groups is 1. The van der Waals surface area contributed by atoms with Crippen LogP contribution in [0.2, 0.25) is 0 Å². The van der Waals surface area contributed by atoms with Crippen LogP contribution in [0.15, 0.2) is 53.8 Å². The van der Waals surface area contributed by atoms with Crippen LogP contribution < -0.4 is 5.73 Å². The number of carbonyl (C=O) groups excluding carboxylic acids is 1. The Kier molecular flexibility index (Phi) is 3.98. The van der Waals surface area contributed by atoms with Crippen molar-refractivity contribution in [1.29, 1.82) is 0 Å². The topological polar surface area (TPSA) is 116 Å².